The second-order valence-corrected chi connectivity index (χ2v) is 5.35. The van der Waals surface area contributed by atoms with Crippen LogP contribution in [0.5, 0.6) is 0 Å². The molecule has 0 bridgehead atoms. The minimum absolute atomic E-state index is 0.708. The number of thiophene rings is 1. The lowest BCUT2D eigenvalue weighted by atomic mass is 10.3. The van der Waals surface area contributed by atoms with E-state index in [1.807, 2.05) is 18.9 Å². The van der Waals surface area contributed by atoms with Crippen LogP contribution in [-0.4, -0.2) is 24.5 Å². The molecule has 0 spiro atoms. The fourth-order valence-electron chi connectivity index (χ4n) is 1.20. The summed E-state index contributed by atoms with van der Waals surface area (Å²) in [5, 5.41) is 2.11. The molecule has 0 atom stereocenters. The zero-order chi connectivity index (χ0) is 11.3. The van der Waals surface area contributed by atoms with Gasteiger partial charge in [0.2, 0.25) is 5.96 Å². The van der Waals surface area contributed by atoms with Crippen LogP contribution >= 0.6 is 27.3 Å². The normalized spacial score (nSPS) is 11.6. The highest BCUT2D eigenvalue weighted by atomic mass is 79.9. The number of halogens is 1. The fraction of sp³-hybridized carbons (Fsp3) is 0.444. The molecule has 0 aromatic carbocycles. The van der Waals surface area contributed by atoms with Gasteiger partial charge in [-0.3, -0.25) is 10.4 Å². The summed E-state index contributed by atoms with van der Waals surface area (Å²) in [7, 11) is 1.96. The van der Waals surface area contributed by atoms with Crippen molar-refractivity contribution in [2.45, 2.75) is 13.5 Å². The van der Waals surface area contributed by atoms with Crippen LogP contribution in [0.15, 0.2) is 20.2 Å². The van der Waals surface area contributed by atoms with Crippen LogP contribution in [0.4, 0.5) is 0 Å². The van der Waals surface area contributed by atoms with Gasteiger partial charge in [-0.15, -0.1) is 11.3 Å². The highest BCUT2D eigenvalue weighted by molar-refractivity contribution is 9.11. The molecule has 0 aliphatic rings. The number of nitrogens with zero attached hydrogens (tertiary/aromatic N) is 2. The first-order valence-corrected chi connectivity index (χ1v) is 6.29. The molecule has 6 heteroatoms. The van der Waals surface area contributed by atoms with E-state index in [2.05, 4.69) is 37.8 Å². The van der Waals surface area contributed by atoms with Crippen molar-refractivity contribution in [2.24, 2.45) is 10.8 Å². The summed E-state index contributed by atoms with van der Waals surface area (Å²) in [6.07, 6.45) is 0. The standard InChI is InChI=1S/C9H15BrN4S/c1-3-12-9(13-11)14(2)5-7-4-8(10)15-6-7/h4,6H,3,5,11H2,1-2H3,(H,12,13). The molecule has 1 aromatic heterocycles. The van der Waals surface area contributed by atoms with Crippen LogP contribution in [0.1, 0.15) is 12.5 Å². The lowest BCUT2D eigenvalue weighted by Gasteiger charge is -2.19. The number of hydrogen-bond donors (Lipinski definition) is 2. The summed E-state index contributed by atoms with van der Waals surface area (Å²) in [5.41, 5.74) is 3.84. The monoisotopic (exact) mass is 290 g/mol. The van der Waals surface area contributed by atoms with Gasteiger partial charge in [-0.1, -0.05) is 0 Å². The summed E-state index contributed by atoms with van der Waals surface area (Å²) in [5.74, 6) is 6.10. The Kier molecular flexibility index (Phi) is 5.07. The average molecular weight is 291 g/mol. The van der Waals surface area contributed by atoms with Gasteiger partial charge in [0.15, 0.2) is 0 Å². The third-order valence-corrected chi connectivity index (χ3v) is 3.39. The zero-order valence-corrected chi connectivity index (χ0v) is 11.2. The van der Waals surface area contributed by atoms with Crippen molar-refractivity contribution in [3.8, 4) is 0 Å². The minimum Gasteiger partial charge on any atom is -0.341 e. The number of nitrogens with one attached hydrogen (secondary N) is 1. The SMILES string of the molecule is CCN=C(NN)N(C)Cc1csc(Br)c1. The summed E-state index contributed by atoms with van der Waals surface area (Å²) in [4.78, 5) is 6.23. The van der Waals surface area contributed by atoms with E-state index >= 15 is 0 Å². The van der Waals surface area contributed by atoms with E-state index in [4.69, 9.17) is 5.84 Å². The quantitative estimate of drug-likeness (QED) is 0.386. The number of hydrazine groups is 1. The van der Waals surface area contributed by atoms with Gasteiger partial charge in [0.05, 0.1) is 3.79 Å². The molecule has 1 rings (SSSR count). The highest BCUT2D eigenvalue weighted by Crippen LogP contribution is 2.21. The van der Waals surface area contributed by atoms with Crippen LogP contribution in [0, 0.1) is 0 Å². The van der Waals surface area contributed by atoms with Gasteiger partial charge in [0.25, 0.3) is 0 Å². The lowest BCUT2D eigenvalue weighted by molar-refractivity contribution is 0.478. The zero-order valence-electron chi connectivity index (χ0n) is 8.83. The lowest BCUT2D eigenvalue weighted by Crippen LogP contribution is -2.42. The maximum absolute atomic E-state index is 5.39. The van der Waals surface area contributed by atoms with Gasteiger partial charge in [0, 0.05) is 20.1 Å². The molecular weight excluding hydrogens is 276 g/mol. The van der Waals surface area contributed by atoms with Crippen LogP contribution < -0.4 is 11.3 Å². The molecule has 0 aliphatic heterocycles. The third kappa shape index (κ3) is 3.81. The van der Waals surface area contributed by atoms with Crippen molar-refractivity contribution in [1.82, 2.24) is 10.3 Å². The largest absolute Gasteiger partial charge is 0.341 e. The molecule has 4 nitrogen and oxygen atoms in total. The van der Waals surface area contributed by atoms with Gasteiger partial charge < -0.3 is 4.90 Å². The Morgan fingerprint density at radius 1 is 1.73 bits per heavy atom. The average Bonchev–Trinajstić information content (AvgIpc) is 2.60. The molecule has 0 radical (unpaired) electrons. The van der Waals surface area contributed by atoms with Crippen LogP contribution in [-0.2, 0) is 6.54 Å². The van der Waals surface area contributed by atoms with E-state index in [1.54, 1.807) is 11.3 Å². The van der Waals surface area contributed by atoms with E-state index in [9.17, 15) is 0 Å². The summed E-state index contributed by atoms with van der Waals surface area (Å²) < 4.78 is 1.14. The molecule has 0 amide bonds. The Morgan fingerprint density at radius 3 is 2.93 bits per heavy atom. The summed E-state index contributed by atoms with van der Waals surface area (Å²) in [6, 6.07) is 2.10. The molecule has 0 aliphatic carbocycles. The molecule has 84 valence electrons. The maximum atomic E-state index is 5.39. The second kappa shape index (κ2) is 6.09. The molecule has 3 N–H and O–H groups in total. The van der Waals surface area contributed by atoms with Gasteiger partial charge in [-0.05, 0) is 39.9 Å². The van der Waals surface area contributed by atoms with Crippen molar-refractivity contribution in [1.29, 1.82) is 0 Å². The number of aliphatic imine (C=N–C) groups is 1. The Hall–Kier alpha value is -0.590. The highest BCUT2D eigenvalue weighted by Gasteiger charge is 2.06. The Balaban J connectivity index is 2.61. The topological polar surface area (TPSA) is 53.6 Å². The van der Waals surface area contributed by atoms with Gasteiger partial charge in [0.1, 0.15) is 0 Å². The number of rotatable bonds is 3. The molecule has 0 unspecified atom stereocenters. The predicted molar refractivity (Wildman–Crippen MR) is 68.8 cm³/mol. The fourth-order valence-corrected chi connectivity index (χ4v) is 2.40. The maximum Gasteiger partial charge on any atom is 0.208 e. The Labute approximate surface area is 102 Å². The minimum atomic E-state index is 0.708. The van der Waals surface area contributed by atoms with E-state index in [0.717, 1.165) is 16.9 Å². The molecule has 0 saturated carbocycles. The van der Waals surface area contributed by atoms with E-state index in [1.165, 1.54) is 5.56 Å². The summed E-state index contributed by atoms with van der Waals surface area (Å²) in [6.45, 7) is 3.49. The van der Waals surface area contributed by atoms with Crippen molar-refractivity contribution >= 4 is 33.2 Å². The van der Waals surface area contributed by atoms with Crippen molar-refractivity contribution < 1.29 is 0 Å². The number of nitrogens with two attached hydrogens (primary N) is 1. The first-order chi connectivity index (χ1) is 7.17. The third-order valence-electron chi connectivity index (χ3n) is 1.84. The first kappa shape index (κ1) is 12.5. The van der Waals surface area contributed by atoms with E-state index in [-0.39, 0.29) is 0 Å². The van der Waals surface area contributed by atoms with Gasteiger partial charge in [-0.25, -0.2) is 5.84 Å². The molecule has 1 aromatic rings. The van der Waals surface area contributed by atoms with Crippen LogP contribution in [0.25, 0.3) is 0 Å². The Morgan fingerprint density at radius 2 is 2.47 bits per heavy atom. The second-order valence-electron chi connectivity index (χ2n) is 3.06. The van der Waals surface area contributed by atoms with Crippen molar-refractivity contribution in [2.75, 3.05) is 13.6 Å². The number of guanidine groups is 1. The van der Waals surface area contributed by atoms with Crippen molar-refractivity contribution in [3.05, 3.63) is 20.8 Å². The van der Waals surface area contributed by atoms with E-state index in [0.29, 0.717) is 5.96 Å². The van der Waals surface area contributed by atoms with Gasteiger partial charge >= 0.3 is 0 Å². The number of hydrogen-bond acceptors (Lipinski definition) is 3. The Bertz CT molecular complexity index is 337. The molecule has 15 heavy (non-hydrogen) atoms. The van der Waals surface area contributed by atoms with Crippen LogP contribution in [0.2, 0.25) is 0 Å². The van der Waals surface area contributed by atoms with Crippen LogP contribution in [0.3, 0.4) is 0 Å². The summed E-state index contributed by atoms with van der Waals surface area (Å²) >= 11 is 5.11. The smallest absolute Gasteiger partial charge is 0.208 e. The van der Waals surface area contributed by atoms with E-state index < -0.39 is 0 Å². The molecule has 1 heterocycles. The van der Waals surface area contributed by atoms with Crippen molar-refractivity contribution in [3.63, 3.8) is 0 Å². The molecule has 0 fully saturated rings. The first-order valence-electron chi connectivity index (χ1n) is 4.62. The van der Waals surface area contributed by atoms with Gasteiger partial charge in [-0.2, -0.15) is 0 Å². The predicted octanol–water partition coefficient (Wildman–Crippen LogP) is 1.78. The molecular formula is C9H15BrN4S. The molecule has 0 saturated heterocycles.